The second-order valence-corrected chi connectivity index (χ2v) is 19.5. The van der Waals surface area contributed by atoms with E-state index in [4.69, 9.17) is 0 Å². The molecule has 298 valence electrons. The van der Waals surface area contributed by atoms with Gasteiger partial charge in [-0.3, -0.25) is 0 Å². The molecule has 0 spiro atoms. The van der Waals surface area contributed by atoms with E-state index >= 15 is 0 Å². The van der Waals surface area contributed by atoms with Gasteiger partial charge in [-0.25, -0.2) is 0 Å². The highest BCUT2D eigenvalue weighted by atomic mass is 33.1. The molecule has 8 aromatic carbocycles. The molecule has 0 bridgehead atoms. The maximum atomic E-state index is 2.42. The van der Waals surface area contributed by atoms with Crippen LogP contribution in [0.2, 0.25) is 0 Å². The molecule has 0 N–H and O–H groups in total. The summed E-state index contributed by atoms with van der Waals surface area (Å²) in [7, 11) is 4.00. The van der Waals surface area contributed by atoms with Crippen molar-refractivity contribution in [2.45, 2.75) is 65.9 Å². The van der Waals surface area contributed by atoms with Crippen LogP contribution in [0.4, 0.5) is 0 Å². The molecule has 2 heteroatoms. The average Bonchev–Trinajstić information content (AvgIpc) is 3.24. The SMILES string of the molecule is Cc1cccc(-c2ccc(-c3cccc(C)c3)c([C@@H](C)SS[C@H](C)c3c(-c4cccc(C)c4)ccc(-c4cccc(C)c4)c3-c3cccc(C)c3)c2-c2cccc(C)c2)c1. The van der Waals surface area contributed by atoms with Crippen LogP contribution in [0.25, 0.3) is 66.8 Å². The Morgan fingerprint density at radius 1 is 0.283 bits per heavy atom. The summed E-state index contributed by atoms with van der Waals surface area (Å²) in [6.45, 7) is 18.0. The highest BCUT2D eigenvalue weighted by Gasteiger charge is 2.27. The summed E-state index contributed by atoms with van der Waals surface area (Å²) >= 11 is 0. The third kappa shape index (κ3) is 8.83. The smallest absolute Gasteiger partial charge is 0.0385 e. The van der Waals surface area contributed by atoms with Gasteiger partial charge in [0.1, 0.15) is 0 Å². The lowest BCUT2D eigenvalue weighted by Crippen LogP contribution is -2.02. The average molecular weight is 815 g/mol. The summed E-state index contributed by atoms with van der Waals surface area (Å²) < 4.78 is 0. The van der Waals surface area contributed by atoms with Crippen molar-refractivity contribution in [2.24, 2.45) is 0 Å². The van der Waals surface area contributed by atoms with E-state index in [2.05, 4.69) is 225 Å². The van der Waals surface area contributed by atoms with E-state index in [1.807, 2.05) is 21.6 Å². The molecule has 8 rings (SSSR count). The number of hydrogen-bond donors (Lipinski definition) is 0. The Kier molecular flexibility index (Phi) is 12.3. The Balaban J connectivity index is 1.32. The van der Waals surface area contributed by atoms with Gasteiger partial charge in [0, 0.05) is 10.5 Å². The minimum Gasteiger partial charge on any atom is -0.0855 e. The number of hydrogen-bond acceptors (Lipinski definition) is 2. The Morgan fingerprint density at radius 2 is 0.517 bits per heavy atom. The monoisotopic (exact) mass is 814 g/mol. The maximum absolute atomic E-state index is 2.42. The van der Waals surface area contributed by atoms with Gasteiger partial charge in [0.05, 0.1) is 0 Å². The topological polar surface area (TPSA) is 0 Å². The molecule has 0 saturated heterocycles. The molecule has 0 amide bonds. The van der Waals surface area contributed by atoms with Gasteiger partial charge in [-0.1, -0.05) is 225 Å². The fourth-order valence-electron chi connectivity index (χ4n) is 8.80. The highest BCUT2D eigenvalue weighted by Crippen LogP contribution is 2.55. The molecule has 2 atom stereocenters. The minimum atomic E-state index is 0.151. The van der Waals surface area contributed by atoms with E-state index < -0.39 is 0 Å². The lowest BCUT2D eigenvalue weighted by atomic mass is 9.84. The van der Waals surface area contributed by atoms with Gasteiger partial charge >= 0.3 is 0 Å². The molecule has 0 radical (unpaired) electrons. The zero-order valence-electron chi connectivity index (χ0n) is 36.1. The molecule has 0 fully saturated rings. The van der Waals surface area contributed by atoms with Gasteiger partial charge in [-0.15, -0.1) is 0 Å². The van der Waals surface area contributed by atoms with Crippen molar-refractivity contribution in [1.82, 2.24) is 0 Å². The third-order valence-corrected chi connectivity index (χ3v) is 14.8. The maximum Gasteiger partial charge on any atom is 0.0385 e. The molecular formula is C58H54S2. The Hall–Kier alpha value is -5.54. The van der Waals surface area contributed by atoms with Crippen molar-refractivity contribution >= 4 is 21.6 Å². The lowest BCUT2D eigenvalue weighted by Gasteiger charge is -2.27. The van der Waals surface area contributed by atoms with Crippen molar-refractivity contribution in [3.63, 3.8) is 0 Å². The van der Waals surface area contributed by atoms with E-state index in [1.54, 1.807) is 0 Å². The van der Waals surface area contributed by atoms with Gasteiger partial charge in [0.2, 0.25) is 0 Å². The van der Waals surface area contributed by atoms with Crippen molar-refractivity contribution in [1.29, 1.82) is 0 Å². The van der Waals surface area contributed by atoms with Crippen molar-refractivity contribution in [3.8, 4) is 66.8 Å². The van der Waals surface area contributed by atoms with E-state index in [1.165, 1.54) is 111 Å². The van der Waals surface area contributed by atoms with Crippen molar-refractivity contribution in [2.75, 3.05) is 0 Å². The van der Waals surface area contributed by atoms with Crippen LogP contribution < -0.4 is 0 Å². The lowest BCUT2D eigenvalue weighted by molar-refractivity contribution is 1.10. The molecular weight excluding hydrogens is 761 g/mol. The normalized spacial score (nSPS) is 12.3. The van der Waals surface area contributed by atoms with Gasteiger partial charge in [-0.05, 0) is 133 Å². The molecule has 0 aromatic heterocycles. The molecule has 0 nitrogen and oxygen atoms in total. The molecule has 0 aliphatic carbocycles. The second-order valence-electron chi connectivity index (χ2n) is 16.6. The minimum absolute atomic E-state index is 0.151. The van der Waals surface area contributed by atoms with E-state index in [9.17, 15) is 0 Å². The van der Waals surface area contributed by atoms with Crippen molar-refractivity contribution < 1.29 is 0 Å². The van der Waals surface area contributed by atoms with Crippen LogP contribution in [-0.4, -0.2) is 0 Å². The Morgan fingerprint density at radius 3 is 0.800 bits per heavy atom. The molecule has 0 aliphatic heterocycles. The van der Waals surface area contributed by atoms with Gasteiger partial charge < -0.3 is 0 Å². The van der Waals surface area contributed by atoms with E-state index in [0.29, 0.717) is 0 Å². The molecule has 8 aromatic rings. The Labute approximate surface area is 366 Å². The van der Waals surface area contributed by atoms with Gasteiger partial charge in [0.25, 0.3) is 0 Å². The summed E-state index contributed by atoms with van der Waals surface area (Å²) in [6.07, 6.45) is 0. The highest BCUT2D eigenvalue weighted by molar-refractivity contribution is 8.76. The van der Waals surface area contributed by atoms with Gasteiger partial charge in [-0.2, -0.15) is 0 Å². The predicted molar refractivity (Wildman–Crippen MR) is 266 cm³/mol. The van der Waals surface area contributed by atoms with Crippen LogP contribution in [0, 0.1) is 41.5 Å². The molecule has 0 unspecified atom stereocenters. The van der Waals surface area contributed by atoms with Crippen LogP contribution in [0.1, 0.15) is 68.9 Å². The van der Waals surface area contributed by atoms with E-state index in [0.717, 1.165) is 0 Å². The van der Waals surface area contributed by atoms with Crippen LogP contribution in [0.5, 0.6) is 0 Å². The molecule has 60 heavy (non-hydrogen) atoms. The van der Waals surface area contributed by atoms with Crippen LogP contribution in [0.3, 0.4) is 0 Å². The fourth-order valence-corrected chi connectivity index (χ4v) is 11.4. The summed E-state index contributed by atoms with van der Waals surface area (Å²) in [5.41, 5.74) is 25.6. The molecule has 0 saturated carbocycles. The first kappa shape index (κ1) is 41.2. The Bertz CT molecular complexity index is 2630. The zero-order chi connectivity index (χ0) is 41.9. The van der Waals surface area contributed by atoms with E-state index in [-0.39, 0.29) is 10.5 Å². The second kappa shape index (κ2) is 18.0. The number of rotatable bonds is 11. The molecule has 0 aliphatic rings. The molecule has 0 heterocycles. The first-order chi connectivity index (χ1) is 29.0. The predicted octanol–water partition coefficient (Wildman–Crippen LogP) is 17.7. The van der Waals surface area contributed by atoms with Crippen LogP contribution in [0.15, 0.2) is 170 Å². The van der Waals surface area contributed by atoms with Crippen LogP contribution >= 0.6 is 21.6 Å². The first-order valence-corrected chi connectivity index (χ1v) is 23.4. The quantitative estimate of drug-likeness (QED) is 0.119. The summed E-state index contributed by atoms with van der Waals surface area (Å²) in [5.74, 6) is 0. The number of benzene rings is 8. The van der Waals surface area contributed by atoms with Crippen molar-refractivity contribution in [3.05, 3.63) is 214 Å². The van der Waals surface area contributed by atoms with Gasteiger partial charge in [0.15, 0.2) is 0 Å². The summed E-state index contributed by atoms with van der Waals surface area (Å²) in [4.78, 5) is 0. The fraction of sp³-hybridized carbons (Fsp3) is 0.172. The first-order valence-electron chi connectivity index (χ1n) is 21.1. The summed E-state index contributed by atoms with van der Waals surface area (Å²) in [5, 5.41) is 0.302. The third-order valence-electron chi connectivity index (χ3n) is 11.6. The van der Waals surface area contributed by atoms with Crippen LogP contribution in [-0.2, 0) is 0 Å². The summed E-state index contributed by atoms with van der Waals surface area (Å²) in [6, 6.07) is 63.7. The largest absolute Gasteiger partial charge is 0.0855 e. The standard InChI is InChI=1S/C58H54S2/c1-37-15-9-21-45(31-37)51-27-29-53(47-23-11-17-39(3)33-47)57(49-25-13-19-41(5)35-49)55(51)43(7)59-60-44(8)56-52(46-22-10-16-38(2)32-46)28-30-54(48-24-12-18-40(4)34-48)58(56)50-26-14-20-42(6)36-50/h9-36,43-44H,1-8H3/t43-,44-/m1/s1. The number of aryl methyl sites for hydroxylation is 6. The zero-order valence-corrected chi connectivity index (χ0v) is 37.8.